The van der Waals surface area contributed by atoms with Gasteiger partial charge < -0.3 is 33.2 Å². The molecule has 0 spiro atoms. The van der Waals surface area contributed by atoms with Gasteiger partial charge in [-0.05, 0) is 31.2 Å². The van der Waals surface area contributed by atoms with Gasteiger partial charge in [-0.25, -0.2) is 9.59 Å². The Morgan fingerprint density at radius 3 is 1.77 bits per heavy atom. The average Bonchev–Trinajstić information content (AvgIpc) is 3.41. The van der Waals surface area contributed by atoms with Crippen LogP contribution in [-0.4, -0.2) is 99.3 Å². The first-order valence-electron chi connectivity index (χ1n) is 19.5. The summed E-state index contributed by atoms with van der Waals surface area (Å²) < 4.78 is 42.2. The van der Waals surface area contributed by atoms with Gasteiger partial charge in [-0.2, -0.15) is 0 Å². The molecule has 2 heterocycles. The molecule has 2 aromatic rings. The molecule has 1 fully saturated rings. The number of carbonyl (C=O) groups is 8. The minimum atomic E-state index is -2.46. The van der Waals surface area contributed by atoms with Crippen LogP contribution >= 0.6 is 0 Å². The minimum absolute atomic E-state index is 0.00678. The predicted octanol–water partition coefficient (Wildman–Crippen LogP) is 4.66. The lowest BCUT2D eigenvalue weighted by Gasteiger charge is -2.44. The number of ether oxygens (including phenoxy) is 7. The van der Waals surface area contributed by atoms with E-state index in [9.17, 15) is 33.6 Å². The molecule has 17 heteroatoms. The number of fused-ring (bicyclic) bond motifs is 1. The van der Waals surface area contributed by atoms with Crippen molar-refractivity contribution in [3.63, 3.8) is 0 Å². The first kappa shape index (κ1) is 47.4. The summed E-state index contributed by atoms with van der Waals surface area (Å²) in [6.07, 6.45) is -1.32. The smallest absolute Gasteiger partial charge is 0.340 e. The zero-order valence-corrected chi connectivity index (χ0v) is 35.8. The Morgan fingerprint density at radius 1 is 0.721 bits per heavy atom. The van der Waals surface area contributed by atoms with E-state index in [0.29, 0.717) is 0 Å². The topological polar surface area (TPSA) is 227 Å². The van der Waals surface area contributed by atoms with Gasteiger partial charge in [-0.1, -0.05) is 53.3 Å². The molecule has 0 bridgehead atoms. The van der Waals surface area contributed by atoms with Crippen molar-refractivity contribution in [2.24, 2.45) is 23.2 Å². The summed E-state index contributed by atoms with van der Waals surface area (Å²) in [5, 5.41) is 0. The molecule has 0 N–H and O–H groups in total. The zero-order chi connectivity index (χ0) is 45.6. The van der Waals surface area contributed by atoms with Crippen LogP contribution in [0.2, 0.25) is 0 Å². The van der Waals surface area contributed by atoms with Gasteiger partial charge in [0.2, 0.25) is 0 Å². The van der Waals surface area contributed by atoms with Crippen molar-refractivity contribution in [3.05, 3.63) is 84.5 Å². The van der Waals surface area contributed by atoms with E-state index in [4.69, 9.17) is 33.2 Å². The summed E-state index contributed by atoms with van der Waals surface area (Å²) in [6.45, 7) is 17.4. The first-order valence-corrected chi connectivity index (χ1v) is 19.5. The van der Waals surface area contributed by atoms with E-state index in [2.05, 4.69) is 16.5 Å². The summed E-state index contributed by atoms with van der Waals surface area (Å²) in [6, 6.07) is 5.81. The highest BCUT2D eigenvalue weighted by Crippen LogP contribution is 2.54. The van der Waals surface area contributed by atoms with Gasteiger partial charge in [-0.15, -0.1) is 0 Å². The maximum absolute atomic E-state index is 15.3. The predicted molar refractivity (Wildman–Crippen MR) is 212 cm³/mol. The zero-order valence-electron chi connectivity index (χ0n) is 35.8. The molecule has 1 saturated carbocycles. The van der Waals surface area contributed by atoms with Gasteiger partial charge >= 0.3 is 41.8 Å². The highest BCUT2D eigenvalue weighted by Gasteiger charge is 2.72. The van der Waals surface area contributed by atoms with Crippen LogP contribution in [-0.2, 0) is 61.9 Å². The average molecular weight is 849 g/mol. The Morgan fingerprint density at radius 2 is 1.28 bits per heavy atom. The number of esters is 7. The molecule has 4 rings (SSSR count). The first-order chi connectivity index (χ1) is 28.4. The summed E-state index contributed by atoms with van der Waals surface area (Å²) in [4.78, 5) is 117. The maximum atomic E-state index is 15.3. The molecule has 2 aliphatic rings. The van der Waals surface area contributed by atoms with E-state index in [1.54, 1.807) is 13.8 Å². The van der Waals surface area contributed by atoms with Crippen LogP contribution in [0.5, 0.6) is 0 Å². The second-order valence-corrected chi connectivity index (χ2v) is 16.3. The lowest BCUT2D eigenvalue weighted by atomic mass is 9.72. The molecule has 0 radical (unpaired) electrons. The molecule has 9 atom stereocenters. The quantitative estimate of drug-likeness (QED) is 0.180. The lowest BCUT2D eigenvalue weighted by Crippen LogP contribution is -2.59. The number of Topliss-reactive ketones (excluding diaryl/α,β-unsaturated/α-hetero) is 1. The van der Waals surface area contributed by atoms with Crippen molar-refractivity contribution in [2.75, 3.05) is 0 Å². The fraction of sp³-hybridized carbons (Fsp3) is 0.500. The molecular formula is C44H52N2O15. The van der Waals surface area contributed by atoms with E-state index < -0.39 is 119 Å². The van der Waals surface area contributed by atoms with Crippen LogP contribution in [0.1, 0.15) is 96.4 Å². The summed E-state index contributed by atoms with van der Waals surface area (Å²) in [5.41, 5.74) is -6.31. The third-order valence-electron chi connectivity index (χ3n) is 10.4. The van der Waals surface area contributed by atoms with Crippen LogP contribution in [0.15, 0.2) is 73.4 Å². The summed E-state index contributed by atoms with van der Waals surface area (Å²) in [7, 11) is 0. The second-order valence-electron chi connectivity index (χ2n) is 16.3. The van der Waals surface area contributed by atoms with Crippen LogP contribution < -0.4 is 0 Å². The van der Waals surface area contributed by atoms with Crippen LogP contribution in [0.3, 0.4) is 0 Å². The number of carbonyl (C=O) groups excluding carboxylic acids is 8. The van der Waals surface area contributed by atoms with Crippen LogP contribution in [0, 0.1) is 23.2 Å². The number of aromatic nitrogens is 2. The molecule has 2 aliphatic carbocycles. The Balaban J connectivity index is 2.15. The van der Waals surface area contributed by atoms with Gasteiger partial charge in [0.25, 0.3) is 0 Å². The number of nitrogens with zero attached hydrogens (tertiary/aromatic N) is 2. The third kappa shape index (κ3) is 10.7. The van der Waals surface area contributed by atoms with E-state index in [0.717, 1.165) is 27.7 Å². The number of hydrogen-bond acceptors (Lipinski definition) is 17. The van der Waals surface area contributed by atoms with Crippen molar-refractivity contribution in [2.45, 2.75) is 117 Å². The standard InChI is InChI=1S/C44H52N2O15/c1-23(2)39(52)58-34-25(4)33(55-26(5)47)32-37(57-28(7)49)43(11,61-41(54)31-15-13-19-46-21-31)22-44(32,60-29(8)50)36(51)24(3)16-17-42(9,10)38(35(34)56-27(6)48)59-40(53)30-14-12-18-45-20-30/h12-21,23-24,32-35,37-38H,4,22H2,1-3,5-11H3. The van der Waals surface area contributed by atoms with Crippen LogP contribution in [0.4, 0.5) is 0 Å². The second kappa shape index (κ2) is 19.0. The highest BCUT2D eigenvalue weighted by molar-refractivity contribution is 5.95. The van der Waals surface area contributed by atoms with Crippen molar-refractivity contribution in [1.29, 1.82) is 0 Å². The van der Waals surface area contributed by atoms with E-state index in [-0.39, 0.29) is 16.7 Å². The van der Waals surface area contributed by atoms with Crippen LogP contribution in [0.25, 0.3) is 0 Å². The normalized spacial score (nSPS) is 28.5. The Bertz CT molecular complexity index is 2070. The van der Waals surface area contributed by atoms with Gasteiger partial charge in [-0.3, -0.25) is 38.7 Å². The molecule has 9 unspecified atom stereocenters. The minimum Gasteiger partial charge on any atom is -0.458 e. The molecular weight excluding hydrogens is 796 g/mol. The number of pyridine rings is 2. The number of allylic oxidation sites excluding steroid dienone is 1. The molecule has 0 amide bonds. The summed E-state index contributed by atoms with van der Waals surface area (Å²) in [5.74, 6) is -11.3. The number of hydrogen-bond donors (Lipinski definition) is 0. The van der Waals surface area contributed by atoms with Gasteiger partial charge in [0.1, 0.15) is 6.10 Å². The third-order valence-corrected chi connectivity index (χ3v) is 10.4. The van der Waals surface area contributed by atoms with E-state index in [1.807, 2.05) is 0 Å². The largest absolute Gasteiger partial charge is 0.458 e. The molecule has 0 aliphatic heterocycles. The van der Waals surface area contributed by atoms with E-state index in [1.165, 1.54) is 88.9 Å². The monoisotopic (exact) mass is 848 g/mol. The van der Waals surface area contributed by atoms with Gasteiger partial charge in [0.05, 0.1) is 23.0 Å². The Labute approximate surface area is 353 Å². The van der Waals surface area contributed by atoms with Crippen molar-refractivity contribution < 1.29 is 71.5 Å². The van der Waals surface area contributed by atoms with Gasteiger partial charge in [0, 0.05) is 75.8 Å². The number of ketones is 1. The lowest BCUT2D eigenvalue weighted by molar-refractivity contribution is -0.192. The maximum Gasteiger partial charge on any atom is 0.340 e. The van der Waals surface area contributed by atoms with Crippen molar-refractivity contribution in [1.82, 2.24) is 9.97 Å². The summed E-state index contributed by atoms with van der Waals surface area (Å²) >= 11 is 0. The SMILES string of the molecule is C=C1C(OC(=O)C(C)C)C(OC(C)=O)C(OC(=O)c2cccnc2)C(C)(C)C=CC(C)C(=O)C2(OC(C)=O)CC(C)(OC(=O)c3cccnc3)C(OC(C)=O)C2C1OC(C)=O. The Kier molecular flexibility index (Phi) is 14.8. The fourth-order valence-electron chi connectivity index (χ4n) is 7.73. The van der Waals surface area contributed by atoms with Crippen molar-refractivity contribution >= 4 is 47.6 Å². The molecule has 17 nitrogen and oxygen atoms in total. The Hall–Kier alpha value is -6.26. The highest BCUT2D eigenvalue weighted by atomic mass is 16.6. The molecule has 2 aromatic heterocycles. The molecule has 0 aromatic carbocycles. The molecule has 61 heavy (non-hydrogen) atoms. The fourth-order valence-corrected chi connectivity index (χ4v) is 7.73. The van der Waals surface area contributed by atoms with Gasteiger partial charge in [0.15, 0.2) is 41.4 Å². The molecule has 0 saturated heterocycles. The van der Waals surface area contributed by atoms with E-state index >= 15 is 4.79 Å². The molecule has 328 valence electrons. The number of rotatable bonds is 10. The van der Waals surface area contributed by atoms with Crippen molar-refractivity contribution in [3.8, 4) is 0 Å².